The molecule has 12 unspecified atom stereocenters. The van der Waals surface area contributed by atoms with Crippen LogP contribution in [0.3, 0.4) is 0 Å². The minimum absolute atomic E-state index is 0.246. The number of nitrogens with one attached hydrogen (secondary N) is 1. The van der Waals surface area contributed by atoms with Gasteiger partial charge in [0.05, 0.1) is 32.0 Å². The van der Waals surface area contributed by atoms with Crippen molar-refractivity contribution in [1.29, 1.82) is 0 Å². The van der Waals surface area contributed by atoms with E-state index >= 15 is 0 Å². The zero-order valence-corrected chi connectivity index (χ0v) is 66.0. The summed E-state index contributed by atoms with van der Waals surface area (Å²) in [5.74, 6) is -0.246. The molecule has 2 aliphatic heterocycles. The van der Waals surface area contributed by atoms with Gasteiger partial charge in [0.15, 0.2) is 12.6 Å². The lowest BCUT2D eigenvalue weighted by atomic mass is 9.97. The number of hydrogen-bond acceptors (Lipinski definition) is 13. The van der Waals surface area contributed by atoms with E-state index in [1.807, 2.05) is 6.08 Å². The second-order valence-corrected chi connectivity index (χ2v) is 29.6. The van der Waals surface area contributed by atoms with Gasteiger partial charge in [-0.3, -0.25) is 4.79 Å². The minimum atomic E-state index is -1.80. The van der Waals surface area contributed by atoms with E-state index in [1.165, 1.54) is 218 Å². The van der Waals surface area contributed by atoms with Gasteiger partial charge in [0.25, 0.3) is 0 Å². The molecule has 1 amide bonds. The second kappa shape index (κ2) is 72.3. The summed E-state index contributed by atoms with van der Waals surface area (Å²) in [6.07, 6.45) is 90.0. The highest BCUT2D eigenvalue weighted by Gasteiger charge is 2.51. The molecular weight excluding hydrogens is 1300 g/mol. The molecule has 0 saturated carbocycles. The van der Waals surface area contributed by atoms with Gasteiger partial charge in [-0.05, 0) is 89.9 Å². The fraction of sp³-hybridized carbons (Fsp3) is 0.767. The van der Waals surface area contributed by atoms with Crippen molar-refractivity contribution in [2.45, 2.75) is 421 Å². The molecule has 2 heterocycles. The van der Waals surface area contributed by atoms with Crippen molar-refractivity contribution in [2.24, 2.45) is 0 Å². The Labute approximate surface area is 635 Å². The smallest absolute Gasteiger partial charge is 0.220 e. The maximum absolute atomic E-state index is 13.4. The van der Waals surface area contributed by atoms with Gasteiger partial charge in [0.1, 0.15) is 48.8 Å². The van der Waals surface area contributed by atoms with Crippen LogP contribution in [-0.4, -0.2) is 140 Å². The van der Waals surface area contributed by atoms with E-state index in [1.54, 1.807) is 6.08 Å². The molecule has 0 aromatic rings. The van der Waals surface area contributed by atoms with Crippen LogP contribution in [0.2, 0.25) is 0 Å². The van der Waals surface area contributed by atoms with Crippen LogP contribution in [0.25, 0.3) is 0 Å². The van der Waals surface area contributed by atoms with Crippen LogP contribution in [0.1, 0.15) is 348 Å². The molecule has 600 valence electrons. The fourth-order valence-corrected chi connectivity index (χ4v) is 13.5. The average molecular weight is 1460 g/mol. The van der Waals surface area contributed by atoms with Crippen molar-refractivity contribution in [1.82, 2.24) is 5.32 Å². The summed E-state index contributed by atoms with van der Waals surface area (Å²) in [7, 11) is 0. The lowest BCUT2D eigenvalue weighted by molar-refractivity contribution is -0.359. The number of carbonyl (C=O) groups is 1. The molecule has 0 aliphatic carbocycles. The first kappa shape index (κ1) is 96.5. The molecule has 2 fully saturated rings. The zero-order valence-electron chi connectivity index (χ0n) is 66.0. The lowest BCUT2D eigenvalue weighted by Gasteiger charge is -2.46. The molecule has 9 N–H and O–H groups in total. The molecule has 0 radical (unpaired) electrons. The van der Waals surface area contributed by atoms with Crippen molar-refractivity contribution in [3.05, 3.63) is 122 Å². The predicted molar refractivity (Wildman–Crippen MR) is 433 cm³/mol. The number of ether oxygens (including phenoxy) is 4. The first-order valence-corrected chi connectivity index (χ1v) is 42.8. The number of aliphatic hydroxyl groups excluding tert-OH is 8. The highest BCUT2D eigenvalue weighted by atomic mass is 16.7. The molecule has 2 aliphatic rings. The molecular formula is C90H157NO13. The van der Waals surface area contributed by atoms with Gasteiger partial charge in [-0.1, -0.05) is 373 Å². The monoisotopic (exact) mass is 1460 g/mol. The van der Waals surface area contributed by atoms with E-state index < -0.39 is 86.8 Å². The maximum Gasteiger partial charge on any atom is 0.220 e. The third kappa shape index (κ3) is 54.1. The molecule has 12 atom stereocenters. The van der Waals surface area contributed by atoms with Crippen LogP contribution in [0.4, 0.5) is 0 Å². The van der Waals surface area contributed by atoms with Crippen molar-refractivity contribution < 1.29 is 64.6 Å². The number of unbranched alkanes of at least 4 members (excludes halogenated alkanes) is 40. The molecule has 0 aromatic heterocycles. The SMILES string of the molecule is CC/C=C\C/C=C\C/C=C\C/C=C\C/C=C\C/C=C\C/C=C\C/C=C\C/C=C\CCCCCCCCCCCC(=O)NC(COC1OC(CO)C(OC2OC(CO)C(O)C(O)C2O)C(O)C1O)C(O)/C=C/CCCCCCCCCCCCCCCCCCCCCCCCCCCCCCCCC. The highest BCUT2D eigenvalue weighted by molar-refractivity contribution is 5.76. The number of hydrogen-bond donors (Lipinski definition) is 9. The summed E-state index contributed by atoms with van der Waals surface area (Å²) in [5.41, 5.74) is 0. The summed E-state index contributed by atoms with van der Waals surface area (Å²) >= 11 is 0. The lowest BCUT2D eigenvalue weighted by Crippen LogP contribution is -2.65. The quantitative estimate of drug-likeness (QED) is 0.0204. The summed E-state index contributed by atoms with van der Waals surface area (Å²) in [4.78, 5) is 13.4. The molecule has 2 rings (SSSR count). The number of amides is 1. The topological polar surface area (TPSA) is 228 Å². The third-order valence-electron chi connectivity index (χ3n) is 20.2. The van der Waals surface area contributed by atoms with E-state index in [0.717, 1.165) is 103 Å². The van der Waals surface area contributed by atoms with E-state index in [-0.39, 0.29) is 18.9 Å². The molecule has 104 heavy (non-hydrogen) atoms. The number of carbonyl (C=O) groups excluding carboxylic acids is 1. The summed E-state index contributed by atoms with van der Waals surface area (Å²) in [6, 6.07) is -0.929. The largest absolute Gasteiger partial charge is 0.394 e. The van der Waals surface area contributed by atoms with Gasteiger partial charge in [-0.2, -0.15) is 0 Å². The first-order valence-electron chi connectivity index (χ1n) is 42.8. The predicted octanol–water partition coefficient (Wildman–Crippen LogP) is 20.4. The Kier molecular flexibility index (Phi) is 67.0. The number of allylic oxidation sites excluding steroid dienone is 19. The van der Waals surface area contributed by atoms with Crippen LogP contribution in [0, 0.1) is 0 Å². The van der Waals surface area contributed by atoms with Gasteiger partial charge in [0.2, 0.25) is 5.91 Å². The van der Waals surface area contributed by atoms with E-state index in [0.29, 0.717) is 6.42 Å². The summed E-state index contributed by atoms with van der Waals surface area (Å²) in [5, 5.41) is 87.8. The Morgan fingerprint density at radius 2 is 0.663 bits per heavy atom. The normalized spacial score (nSPS) is 22.1. The van der Waals surface area contributed by atoms with E-state index in [2.05, 4.69) is 129 Å². The fourth-order valence-electron chi connectivity index (χ4n) is 13.5. The second-order valence-electron chi connectivity index (χ2n) is 29.6. The summed E-state index contributed by atoms with van der Waals surface area (Å²) in [6.45, 7) is 2.72. The van der Waals surface area contributed by atoms with E-state index in [4.69, 9.17) is 18.9 Å². The van der Waals surface area contributed by atoms with Crippen molar-refractivity contribution >= 4 is 5.91 Å². The van der Waals surface area contributed by atoms with Gasteiger partial charge >= 0.3 is 0 Å². The zero-order chi connectivity index (χ0) is 75.1. The molecule has 0 spiro atoms. The number of aliphatic hydroxyl groups is 8. The first-order chi connectivity index (χ1) is 51.1. The Morgan fingerprint density at radius 3 is 1.02 bits per heavy atom. The molecule has 0 bridgehead atoms. The van der Waals surface area contributed by atoms with Crippen molar-refractivity contribution in [3.63, 3.8) is 0 Å². The van der Waals surface area contributed by atoms with Crippen LogP contribution in [0.15, 0.2) is 122 Å². The Morgan fingerprint density at radius 1 is 0.356 bits per heavy atom. The van der Waals surface area contributed by atoms with Crippen LogP contribution in [-0.2, 0) is 23.7 Å². The Bertz CT molecular complexity index is 2220. The maximum atomic E-state index is 13.4. The number of rotatable bonds is 71. The van der Waals surface area contributed by atoms with Gasteiger partial charge in [-0.25, -0.2) is 0 Å². The van der Waals surface area contributed by atoms with E-state index in [9.17, 15) is 45.6 Å². The summed E-state index contributed by atoms with van der Waals surface area (Å²) < 4.78 is 22.9. The molecule has 0 aromatic carbocycles. The van der Waals surface area contributed by atoms with Gasteiger partial charge in [-0.15, -0.1) is 0 Å². The van der Waals surface area contributed by atoms with Gasteiger partial charge < -0.3 is 65.1 Å². The standard InChI is InChI=1S/C90H157NO13/c1-3-5-7-9-11-13-15-17-19-21-23-25-27-29-31-33-35-37-38-39-40-42-44-46-48-50-52-54-56-58-60-62-64-66-68-70-72-74-82(95)91-78(77-101-89-87(100)85(98)88(81(76-93)103-89)104-90-86(99)84(97)83(96)80(75-92)102-90)79(94)73-71-69-67-65-63-61-59-57-55-53-51-49-47-45-43-41-36-34-32-30-28-26-24-22-20-18-16-14-12-10-8-6-4-2/h5,7,11,13,17,19,23,25,29,31,35,37,39-40,44,46,50,52,71,73,78-81,83-90,92-94,96-100H,3-4,6,8-10,12,14-16,18,20-22,24,26-28,30,32-34,36,38,41-43,45,47-49,51,53-70,72,74-77H2,1-2H3,(H,91,95)/b7-5-,13-11-,19-17-,25-23-,31-29-,37-35-,40-39-,46-44-,52-50-,73-71+. The van der Waals surface area contributed by atoms with Crippen LogP contribution in [0.5, 0.6) is 0 Å². The third-order valence-corrected chi connectivity index (χ3v) is 20.2. The minimum Gasteiger partial charge on any atom is -0.394 e. The van der Waals surface area contributed by atoms with Crippen molar-refractivity contribution in [3.8, 4) is 0 Å². The van der Waals surface area contributed by atoms with Crippen molar-refractivity contribution in [2.75, 3.05) is 19.8 Å². The average Bonchev–Trinajstić information content (AvgIpc) is 0.790. The Hall–Kier alpha value is -3.61. The van der Waals surface area contributed by atoms with Crippen LogP contribution >= 0.6 is 0 Å². The Balaban J connectivity index is 1.61. The van der Waals surface area contributed by atoms with Crippen LogP contribution < -0.4 is 5.32 Å². The molecule has 14 nitrogen and oxygen atoms in total. The van der Waals surface area contributed by atoms with Gasteiger partial charge in [0, 0.05) is 6.42 Å². The highest BCUT2D eigenvalue weighted by Crippen LogP contribution is 2.30. The molecule has 14 heteroatoms. The molecule has 2 saturated heterocycles.